The van der Waals surface area contributed by atoms with Crippen LogP contribution in [0, 0.1) is 12.7 Å². The molecule has 0 unspecified atom stereocenters. The summed E-state index contributed by atoms with van der Waals surface area (Å²) in [6.07, 6.45) is 0. The maximum absolute atomic E-state index is 12.9. The van der Waals surface area contributed by atoms with Crippen LogP contribution in [-0.4, -0.2) is 9.55 Å². The molecule has 0 amide bonds. The van der Waals surface area contributed by atoms with Crippen LogP contribution in [0.4, 0.5) is 4.39 Å². The summed E-state index contributed by atoms with van der Waals surface area (Å²) in [5.74, 6) is -0.317. The van der Waals surface area contributed by atoms with Crippen LogP contribution in [0.25, 0.3) is 16.7 Å². The lowest BCUT2D eigenvalue weighted by molar-refractivity contribution is 0.627. The third-order valence-electron chi connectivity index (χ3n) is 2.92. The second-order valence-electron chi connectivity index (χ2n) is 4.26. The molecule has 0 aliphatic heterocycles. The maximum atomic E-state index is 12.9. The number of benzene rings is 2. The Morgan fingerprint density at radius 3 is 2.56 bits per heavy atom. The summed E-state index contributed by atoms with van der Waals surface area (Å²) in [5, 5.41) is 0. The lowest BCUT2D eigenvalue weighted by Gasteiger charge is -2.03. The van der Waals surface area contributed by atoms with Crippen molar-refractivity contribution in [1.82, 2.24) is 9.55 Å². The van der Waals surface area contributed by atoms with E-state index < -0.39 is 0 Å². The third-order valence-corrected chi connectivity index (χ3v) is 2.92. The SMILES string of the molecule is Cc1ccc2c(c1)[nH]c(=O)n2-c1ccc(F)cc1. The van der Waals surface area contributed by atoms with E-state index in [0.29, 0.717) is 5.69 Å². The standard InChI is InChI=1S/C14H11FN2O/c1-9-2-7-13-12(8-9)16-14(18)17(13)11-5-3-10(15)4-6-11/h2-8H,1H3,(H,16,18). The van der Waals surface area contributed by atoms with Gasteiger partial charge in [0.05, 0.1) is 16.7 Å². The van der Waals surface area contributed by atoms with E-state index in [2.05, 4.69) is 4.98 Å². The zero-order valence-corrected chi connectivity index (χ0v) is 9.77. The van der Waals surface area contributed by atoms with Gasteiger partial charge in [-0.3, -0.25) is 4.57 Å². The first kappa shape index (κ1) is 10.8. The lowest BCUT2D eigenvalue weighted by atomic mass is 10.2. The van der Waals surface area contributed by atoms with Crippen LogP contribution in [0.2, 0.25) is 0 Å². The van der Waals surface area contributed by atoms with Crippen molar-refractivity contribution in [3.8, 4) is 5.69 Å². The van der Waals surface area contributed by atoms with E-state index in [9.17, 15) is 9.18 Å². The first-order valence-corrected chi connectivity index (χ1v) is 5.62. The molecule has 3 aromatic rings. The Bertz CT molecular complexity index is 769. The number of halogens is 1. The Kier molecular flexibility index (Phi) is 2.30. The van der Waals surface area contributed by atoms with Crippen molar-refractivity contribution in [2.75, 3.05) is 0 Å². The van der Waals surface area contributed by atoms with Crippen LogP contribution in [0.3, 0.4) is 0 Å². The van der Waals surface area contributed by atoms with Crippen LogP contribution >= 0.6 is 0 Å². The van der Waals surface area contributed by atoms with Gasteiger partial charge in [0, 0.05) is 0 Å². The van der Waals surface area contributed by atoms with Crippen molar-refractivity contribution in [2.24, 2.45) is 0 Å². The topological polar surface area (TPSA) is 37.8 Å². The zero-order valence-electron chi connectivity index (χ0n) is 9.77. The van der Waals surface area contributed by atoms with Gasteiger partial charge in [0.1, 0.15) is 5.82 Å². The van der Waals surface area contributed by atoms with Gasteiger partial charge in [-0.25, -0.2) is 9.18 Å². The van der Waals surface area contributed by atoms with Gasteiger partial charge in [-0.1, -0.05) is 6.07 Å². The van der Waals surface area contributed by atoms with E-state index in [1.54, 1.807) is 12.1 Å². The van der Waals surface area contributed by atoms with E-state index in [0.717, 1.165) is 16.6 Å². The van der Waals surface area contributed by atoms with Gasteiger partial charge >= 0.3 is 5.69 Å². The molecule has 0 aliphatic rings. The number of H-pyrrole nitrogens is 1. The first-order valence-electron chi connectivity index (χ1n) is 5.62. The number of aromatic amines is 1. The fraction of sp³-hybridized carbons (Fsp3) is 0.0714. The Labute approximate surface area is 103 Å². The second kappa shape index (κ2) is 3.84. The van der Waals surface area contributed by atoms with Gasteiger partial charge in [-0.2, -0.15) is 0 Å². The fourth-order valence-corrected chi connectivity index (χ4v) is 2.07. The molecule has 0 saturated carbocycles. The number of aryl methyl sites for hydroxylation is 1. The van der Waals surface area contributed by atoms with E-state index >= 15 is 0 Å². The number of hydrogen-bond acceptors (Lipinski definition) is 1. The number of fused-ring (bicyclic) bond motifs is 1. The molecule has 2 aromatic carbocycles. The summed E-state index contributed by atoms with van der Waals surface area (Å²) in [7, 11) is 0. The van der Waals surface area contributed by atoms with Crippen molar-refractivity contribution in [3.05, 3.63) is 64.3 Å². The molecule has 0 saturated heterocycles. The van der Waals surface area contributed by atoms with Gasteiger partial charge in [-0.05, 0) is 48.9 Å². The van der Waals surface area contributed by atoms with Gasteiger partial charge in [-0.15, -0.1) is 0 Å². The highest BCUT2D eigenvalue weighted by Gasteiger charge is 2.08. The average Bonchev–Trinajstić information content (AvgIpc) is 2.65. The first-order chi connectivity index (χ1) is 8.65. The molecule has 0 atom stereocenters. The maximum Gasteiger partial charge on any atom is 0.331 e. The molecule has 1 heterocycles. The van der Waals surface area contributed by atoms with Crippen molar-refractivity contribution in [2.45, 2.75) is 6.92 Å². The molecular formula is C14H11FN2O. The number of rotatable bonds is 1. The van der Waals surface area contributed by atoms with Crippen molar-refractivity contribution < 1.29 is 4.39 Å². The Balaban J connectivity index is 2.32. The molecule has 1 aromatic heterocycles. The number of hydrogen-bond donors (Lipinski definition) is 1. The highest BCUT2D eigenvalue weighted by molar-refractivity contribution is 5.78. The molecule has 0 spiro atoms. The highest BCUT2D eigenvalue weighted by atomic mass is 19.1. The van der Waals surface area contributed by atoms with Crippen molar-refractivity contribution in [3.63, 3.8) is 0 Å². The zero-order chi connectivity index (χ0) is 12.7. The minimum Gasteiger partial charge on any atom is -0.305 e. The third kappa shape index (κ3) is 1.62. The van der Waals surface area contributed by atoms with Crippen LogP contribution in [0.5, 0.6) is 0 Å². The molecule has 18 heavy (non-hydrogen) atoms. The normalized spacial score (nSPS) is 11.0. The smallest absolute Gasteiger partial charge is 0.305 e. The predicted octanol–water partition coefficient (Wildman–Crippen LogP) is 2.77. The van der Waals surface area contributed by atoms with E-state index in [1.165, 1.54) is 16.7 Å². The van der Waals surface area contributed by atoms with E-state index in [1.807, 2.05) is 25.1 Å². The van der Waals surface area contributed by atoms with Crippen molar-refractivity contribution >= 4 is 11.0 Å². The average molecular weight is 242 g/mol. The monoisotopic (exact) mass is 242 g/mol. The van der Waals surface area contributed by atoms with Crippen LogP contribution < -0.4 is 5.69 Å². The Morgan fingerprint density at radius 2 is 1.83 bits per heavy atom. The number of nitrogens with zero attached hydrogens (tertiary/aromatic N) is 1. The molecule has 90 valence electrons. The van der Waals surface area contributed by atoms with Crippen LogP contribution in [-0.2, 0) is 0 Å². The highest BCUT2D eigenvalue weighted by Crippen LogP contribution is 2.16. The molecule has 3 rings (SSSR count). The summed E-state index contributed by atoms with van der Waals surface area (Å²) >= 11 is 0. The second-order valence-corrected chi connectivity index (χ2v) is 4.26. The minimum atomic E-state index is -0.317. The summed E-state index contributed by atoms with van der Waals surface area (Å²) in [5.41, 5.74) is 3.08. The minimum absolute atomic E-state index is 0.220. The molecule has 4 heteroatoms. The molecule has 1 N–H and O–H groups in total. The number of imidazole rings is 1. The van der Waals surface area contributed by atoms with Crippen LogP contribution in [0.1, 0.15) is 5.56 Å². The van der Waals surface area contributed by atoms with E-state index in [4.69, 9.17) is 0 Å². The molecule has 0 fully saturated rings. The van der Waals surface area contributed by atoms with Gasteiger partial charge < -0.3 is 4.98 Å². The molecule has 3 nitrogen and oxygen atoms in total. The van der Waals surface area contributed by atoms with Gasteiger partial charge in [0.25, 0.3) is 0 Å². The largest absolute Gasteiger partial charge is 0.331 e. The fourth-order valence-electron chi connectivity index (χ4n) is 2.07. The number of nitrogens with one attached hydrogen (secondary N) is 1. The molecule has 0 aliphatic carbocycles. The van der Waals surface area contributed by atoms with Crippen LogP contribution in [0.15, 0.2) is 47.3 Å². The molecule has 0 bridgehead atoms. The predicted molar refractivity (Wildman–Crippen MR) is 68.6 cm³/mol. The summed E-state index contributed by atoms with van der Waals surface area (Å²) in [6, 6.07) is 11.6. The summed E-state index contributed by atoms with van der Waals surface area (Å²) in [6.45, 7) is 1.97. The lowest BCUT2D eigenvalue weighted by Crippen LogP contribution is -2.14. The van der Waals surface area contributed by atoms with Gasteiger partial charge in [0.2, 0.25) is 0 Å². The Hall–Kier alpha value is -2.36. The van der Waals surface area contributed by atoms with Gasteiger partial charge in [0.15, 0.2) is 0 Å². The quantitative estimate of drug-likeness (QED) is 0.700. The summed E-state index contributed by atoms with van der Waals surface area (Å²) in [4.78, 5) is 14.7. The number of aromatic nitrogens is 2. The molecular weight excluding hydrogens is 231 g/mol. The summed E-state index contributed by atoms with van der Waals surface area (Å²) < 4.78 is 14.4. The Morgan fingerprint density at radius 1 is 1.11 bits per heavy atom. The molecule has 0 radical (unpaired) electrons. The van der Waals surface area contributed by atoms with Crippen molar-refractivity contribution in [1.29, 1.82) is 0 Å². The van der Waals surface area contributed by atoms with E-state index in [-0.39, 0.29) is 11.5 Å².